The average molecular weight is 306 g/mol. The molecule has 6 heteroatoms. The van der Waals surface area contributed by atoms with Crippen molar-refractivity contribution in [3.8, 4) is 0 Å². The Morgan fingerprint density at radius 1 is 1.27 bits per heavy atom. The molecule has 1 aliphatic rings. The maximum Gasteiger partial charge on any atom is 0.223 e. The smallest absolute Gasteiger partial charge is 0.223 e. The van der Waals surface area contributed by atoms with Gasteiger partial charge in [0.25, 0.3) is 0 Å². The molecule has 1 fully saturated rings. The molecular weight excluding hydrogens is 280 g/mol. The zero-order valence-corrected chi connectivity index (χ0v) is 13.3. The van der Waals surface area contributed by atoms with E-state index in [1.807, 2.05) is 30.0 Å². The SMILES string of the molecule is CCN(CCO)CCC(=O)N1CCN(c2ccccn2)CC1. The highest BCUT2D eigenvalue weighted by Crippen LogP contribution is 2.13. The van der Waals surface area contributed by atoms with Gasteiger partial charge < -0.3 is 19.8 Å². The fourth-order valence-electron chi connectivity index (χ4n) is 2.71. The first-order valence-corrected chi connectivity index (χ1v) is 8.01. The minimum absolute atomic E-state index is 0.144. The Hall–Kier alpha value is -1.66. The first kappa shape index (κ1) is 16.7. The Morgan fingerprint density at radius 2 is 2.05 bits per heavy atom. The number of nitrogens with zero attached hydrogens (tertiary/aromatic N) is 4. The number of aromatic nitrogens is 1. The maximum absolute atomic E-state index is 12.3. The molecule has 1 aromatic rings. The number of piperazine rings is 1. The van der Waals surface area contributed by atoms with Crippen molar-refractivity contribution in [1.82, 2.24) is 14.8 Å². The van der Waals surface area contributed by atoms with Gasteiger partial charge in [0.15, 0.2) is 0 Å². The lowest BCUT2D eigenvalue weighted by Gasteiger charge is -2.35. The van der Waals surface area contributed by atoms with Crippen LogP contribution in [0.3, 0.4) is 0 Å². The van der Waals surface area contributed by atoms with Crippen LogP contribution in [0, 0.1) is 0 Å². The van der Waals surface area contributed by atoms with Crippen LogP contribution in [0.25, 0.3) is 0 Å². The molecule has 1 aliphatic heterocycles. The number of carbonyl (C=O) groups excluding carboxylic acids is 1. The van der Waals surface area contributed by atoms with Gasteiger partial charge >= 0.3 is 0 Å². The fraction of sp³-hybridized carbons (Fsp3) is 0.625. The molecule has 0 saturated carbocycles. The van der Waals surface area contributed by atoms with Gasteiger partial charge in [0.2, 0.25) is 5.91 Å². The van der Waals surface area contributed by atoms with E-state index in [0.717, 1.165) is 45.1 Å². The number of pyridine rings is 1. The molecule has 0 atom stereocenters. The number of hydrogen-bond acceptors (Lipinski definition) is 5. The van der Waals surface area contributed by atoms with E-state index in [-0.39, 0.29) is 12.5 Å². The third-order valence-corrected chi connectivity index (χ3v) is 4.11. The summed E-state index contributed by atoms with van der Waals surface area (Å²) < 4.78 is 0. The van der Waals surface area contributed by atoms with Gasteiger partial charge in [-0.05, 0) is 18.7 Å². The largest absolute Gasteiger partial charge is 0.395 e. The molecule has 1 N–H and O–H groups in total. The highest BCUT2D eigenvalue weighted by atomic mass is 16.3. The van der Waals surface area contributed by atoms with E-state index in [4.69, 9.17) is 5.11 Å². The van der Waals surface area contributed by atoms with Crippen molar-refractivity contribution in [2.45, 2.75) is 13.3 Å². The highest BCUT2D eigenvalue weighted by molar-refractivity contribution is 5.76. The van der Waals surface area contributed by atoms with Crippen LogP contribution in [0.1, 0.15) is 13.3 Å². The Balaban J connectivity index is 1.75. The van der Waals surface area contributed by atoms with Crippen molar-refractivity contribution in [3.05, 3.63) is 24.4 Å². The molecule has 0 aliphatic carbocycles. The van der Waals surface area contributed by atoms with Crippen LogP contribution < -0.4 is 4.90 Å². The molecule has 1 saturated heterocycles. The van der Waals surface area contributed by atoms with E-state index in [1.165, 1.54) is 0 Å². The minimum Gasteiger partial charge on any atom is -0.395 e. The number of rotatable bonds is 7. The summed E-state index contributed by atoms with van der Waals surface area (Å²) in [6.07, 6.45) is 2.32. The van der Waals surface area contributed by atoms with Gasteiger partial charge in [-0.2, -0.15) is 0 Å². The second-order valence-electron chi connectivity index (χ2n) is 5.46. The van der Waals surface area contributed by atoms with Crippen molar-refractivity contribution in [1.29, 1.82) is 0 Å². The molecule has 0 spiro atoms. The number of hydrogen-bond donors (Lipinski definition) is 1. The van der Waals surface area contributed by atoms with Crippen LogP contribution in [-0.4, -0.2) is 78.2 Å². The predicted octanol–water partition coefficient (Wildman–Crippen LogP) is 0.434. The van der Waals surface area contributed by atoms with Gasteiger partial charge in [-0.15, -0.1) is 0 Å². The van der Waals surface area contributed by atoms with Crippen LogP contribution in [0.4, 0.5) is 5.82 Å². The molecule has 0 unspecified atom stereocenters. The van der Waals surface area contributed by atoms with Crippen molar-refractivity contribution in [2.75, 3.05) is 57.3 Å². The summed E-state index contributed by atoms with van der Waals surface area (Å²) in [5, 5.41) is 8.97. The Bertz CT molecular complexity index is 447. The Labute approximate surface area is 132 Å². The molecule has 2 rings (SSSR count). The molecular formula is C16H26N4O2. The number of aliphatic hydroxyl groups excluding tert-OH is 1. The summed E-state index contributed by atoms with van der Waals surface area (Å²) in [4.78, 5) is 22.9. The highest BCUT2D eigenvalue weighted by Gasteiger charge is 2.21. The van der Waals surface area contributed by atoms with Crippen molar-refractivity contribution < 1.29 is 9.90 Å². The van der Waals surface area contributed by atoms with E-state index < -0.39 is 0 Å². The zero-order chi connectivity index (χ0) is 15.8. The second kappa shape index (κ2) is 8.70. The molecule has 0 radical (unpaired) electrons. The zero-order valence-electron chi connectivity index (χ0n) is 13.3. The van der Waals surface area contributed by atoms with E-state index in [9.17, 15) is 4.79 Å². The molecule has 6 nitrogen and oxygen atoms in total. The molecule has 1 aromatic heterocycles. The van der Waals surface area contributed by atoms with E-state index in [2.05, 4.69) is 14.8 Å². The first-order valence-electron chi connectivity index (χ1n) is 8.01. The summed E-state index contributed by atoms with van der Waals surface area (Å²) >= 11 is 0. The van der Waals surface area contributed by atoms with E-state index in [1.54, 1.807) is 6.20 Å². The summed E-state index contributed by atoms with van der Waals surface area (Å²) in [7, 11) is 0. The van der Waals surface area contributed by atoms with Crippen LogP contribution in [0.2, 0.25) is 0 Å². The van der Waals surface area contributed by atoms with Crippen LogP contribution in [0.15, 0.2) is 24.4 Å². The average Bonchev–Trinajstić information content (AvgIpc) is 2.59. The van der Waals surface area contributed by atoms with Gasteiger partial charge in [-0.3, -0.25) is 4.79 Å². The topological polar surface area (TPSA) is 59.9 Å². The first-order chi connectivity index (χ1) is 10.7. The summed E-state index contributed by atoms with van der Waals surface area (Å²) in [6.45, 7) is 7.57. The summed E-state index contributed by atoms with van der Waals surface area (Å²) in [5.74, 6) is 1.19. The van der Waals surface area contributed by atoms with E-state index >= 15 is 0 Å². The Morgan fingerprint density at radius 3 is 2.64 bits per heavy atom. The monoisotopic (exact) mass is 306 g/mol. The lowest BCUT2D eigenvalue weighted by molar-refractivity contribution is -0.131. The third kappa shape index (κ3) is 4.68. The second-order valence-corrected chi connectivity index (χ2v) is 5.46. The van der Waals surface area contributed by atoms with Crippen LogP contribution in [0.5, 0.6) is 0 Å². The molecule has 22 heavy (non-hydrogen) atoms. The quantitative estimate of drug-likeness (QED) is 0.792. The molecule has 122 valence electrons. The molecule has 0 aromatic carbocycles. The van der Waals surface area contributed by atoms with Gasteiger partial charge in [-0.25, -0.2) is 4.98 Å². The minimum atomic E-state index is 0.144. The molecule has 2 heterocycles. The van der Waals surface area contributed by atoms with Gasteiger partial charge in [-0.1, -0.05) is 13.0 Å². The summed E-state index contributed by atoms with van der Waals surface area (Å²) in [5.41, 5.74) is 0. The van der Waals surface area contributed by atoms with Crippen molar-refractivity contribution in [2.24, 2.45) is 0 Å². The van der Waals surface area contributed by atoms with Gasteiger partial charge in [0.1, 0.15) is 5.82 Å². The lowest BCUT2D eigenvalue weighted by Crippen LogP contribution is -2.49. The normalized spacial score (nSPS) is 15.4. The lowest BCUT2D eigenvalue weighted by atomic mass is 10.2. The predicted molar refractivity (Wildman–Crippen MR) is 86.8 cm³/mol. The number of likely N-dealkylation sites (N-methyl/N-ethyl adjacent to an activating group) is 1. The third-order valence-electron chi connectivity index (χ3n) is 4.11. The number of amides is 1. The van der Waals surface area contributed by atoms with Gasteiger partial charge in [0.05, 0.1) is 6.61 Å². The van der Waals surface area contributed by atoms with Crippen molar-refractivity contribution in [3.63, 3.8) is 0 Å². The molecule has 0 bridgehead atoms. The van der Waals surface area contributed by atoms with Crippen molar-refractivity contribution >= 4 is 11.7 Å². The summed E-state index contributed by atoms with van der Waals surface area (Å²) in [6, 6.07) is 5.90. The standard InChI is InChI=1S/C16H26N4O2/c1-2-18(13-14-21)8-6-16(22)20-11-9-19(10-12-20)15-5-3-4-7-17-15/h3-5,7,21H,2,6,8-14H2,1H3. The fourth-order valence-corrected chi connectivity index (χ4v) is 2.71. The van der Waals surface area contributed by atoms with E-state index in [0.29, 0.717) is 13.0 Å². The van der Waals surface area contributed by atoms with Gasteiger partial charge in [0, 0.05) is 51.9 Å². The number of aliphatic hydroxyl groups is 1. The maximum atomic E-state index is 12.3. The van der Waals surface area contributed by atoms with Crippen LogP contribution >= 0.6 is 0 Å². The number of anilines is 1. The number of carbonyl (C=O) groups is 1. The van der Waals surface area contributed by atoms with Crippen LogP contribution in [-0.2, 0) is 4.79 Å². The Kier molecular flexibility index (Phi) is 6.61. The molecule has 1 amide bonds.